The van der Waals surface area contributed by atoms with Crippen molar-refractivity contribution in [1.82, 2.24) is 16.0 Å². The molecule has 7 nitrogen and oxygen atoms in total. The summed E-state index contributed by atoms with van der Waals surface area (Å²) in [7, 11) is 0. The van der Waals surface area contributed by atoms with Gasteiger partial charge in [-0.2, -0.15) is 0 Å². The topological polar surface area (TPSA) is 108 Å². The Labute approximate surface area is 100.0 Å². The second kappa shape index (κ2) is 6.72. The van der Waals surface area contributed by atoms with Crippen LogP contribution in [0.15, 0.2) is 0 Å². The molecular weight excluding hydrogens is 226 g/mol. The molecule has 0 aromatic carbocycles. The molecule has 0 aromatic rings. The molecule has 0 aliphatic carbocycles. The van der Waals surface area contributed by atoms with Gasteiger partial charge in [-0.1, -0.05) is 0 Å². The van der Waals surface area contributed by atoms with Crippen molar-refractivity contribution in [2.75, 3.05) is 13.1 Å². The molecule has 0 atom stereocenters. The highest BCUT2D eigenvalue weighted by atomic mass is 16.4. The van der Waals surface area contributed by atoms with Crippen LogP contribution in [0.25, 0.3) is 0 Å². The van der Waals surface area contributed by atoms with E-state index in [0.717, 1.165) is 0 Å². The quantitative estimate of drug-likeness (QED) is 0.481. The van der Waals surface area contributed by atoms with Crippen molar-refractivity contribution in [2.45, 2.75) is 32.7 Å². The van der Waals surface area contributed by atoms with Crippen LogP contribution >= 0.6 is 0 Å². The minimum Gasteiger partial charge on any atom is -0.481 e. The number of carboxylic acids is 1. The molecule has 0 bridgehead atoms. The van der Waals surface area contributed by atoms with E-state index in [1.807, 2.05) is 0 Å². The maximum absolute atomic E-state index is 11.4. The van der Waals surface area contributed by atoms with Crippen molar-refractivity contribution in [3.63, 3.8) is 0 Å². The zero-order valence-corrected chi connectivity index (χ0v) is 10.3. The van der Waals surface area contributed by atoms with E-state index in [2.05, 4.69) is 16.0 Å². The molecule has 0 radical (unpaired) electrons. The van der Waals surface area contributed by atoms with E-state index in [1.165, 1.54) is 6.92 Å². The van der Waals surface area contributed by atoms with Crippen molar-refractivity contribution in [1.29, 1.82) is 0 Å². The van der Waals surface area contributed by atoms with Crippen molar-refractivity contribution in [2.24, 2.45) is 0 Å². The average Bonchev–Trinajstić information content (AvgIpc) is 2.08. The van der Waals surface area contributed by atoms with Crippen LogP contribution in [-0.4, -0.2) is 41.6 Å². The Morgan fingerprint density at radius 2 is 1.65 bits per heavy atom. The Kier molecular flexibility index (Phi) is 6.01. The number of nitrogens with one attached hydrogen (secondary N) is 3. The second-order valence-corrected chi connectivity index (χ2v) is 4.32. The SMILES string of the molecule is CC(=O)NCCNC(=O)NC(C)(C)CC(=O)O. The third-order valence-electron chi connectivity index (χ3n) is 1.83. The highest BCUT2D eigenvalue weighted by Crippen LogP contribution is 2.07. The van der Waals surface area contributed by atoms with Crippen molar-refractivity contribution in [3.8, 4) is 0 Å². The van der Waals surface area contributed by atoms with Gasteiger partial charge < -0.3 is 21.1 Å². The number of carbonyl (C=O) groups is 3. The Hall–Kier alpha value is -1.79. The van der Waals surface area contributed by atoms with Gasteiger partial charge in [-0.05, 0) is 13.8 Å². The predicted molar refractivity (Wildman–Crippen MR) is 61.5 cm³/mol. The van der Waals surface area contributed by atoms with Gasteiger partial charge in [-0.25, -0.2) is 4.79 Å². The van der Waals surface area contributed by atoms with Crippen LogP contribution in [0.1, 0.15) is 27.2 Å². The third kappa shape index (κ3) is 9.16. The zero-order valence-electron chi connectivity index (χ0n) is 10.3. The zero-order chi connectivity index (χ0) is 13.5. The third-order valence-corrected chi connectivity index (χ3v) is 1.83. The van der Waals surface area contributed by atoms with Crippen LogP contribution in [0.3, 0.4) is 0 Å². The van der Waals surface area contributed by atoms with Gasteiger partial charge in [0, 0.05) is 25.6 Å². The van der Waals surface area contributed by atoms with Crippen molar-refractivity contribution >= 4 is 17.9 Å². The number of hydrogen-bond acceptors (Lipinski definition) is 3. The van der Waals surface area contributed by atoms with Crippen LogP contribution < -0.4 is 16.0 Å². The Morgan fingerprint density at radius 3 is 2.12 bits per heavy atom. The molecule has 4 N–H and O–H groups in total. The Bertz CT molecular complexity index is 302. The number of carbonyl (C=O) groups excluding carboxylic acids is 2. The molecule has 98 valence electrons. The van der Waals surface area contributed by atoms with Gasteiger partial charge in [0.1, 0.15) is 0 Å². The Morgan fingerprint density at radius 1 is 1.12 bits per heavy atom. The molecule has 3 amide bonds. The molecule has 0 fully saturated rings. The predicted octanol–water partition coefficient (Wildman–Crippen LogP) is -0.325. The molecule has 0 spiro atoms. The van der Waals surface area contributed by atoms with E-state index < -0.39 is 17.5 Å². The Balaban J connectivity index is 3.85. The summed E-state index contributed by atoms with van der Waals surface area (Å²) in [4.78, 5) is 32.4. The van der Waals surface area contributed by atoms with Gasteiger partial charge in [-0.15, -0.1) is 0 Å². The highest BCUT2D eigenvalue weighted by molar-refractivity contribution is 5.76. The summed E-state index contributed by atoms with van der Waals surface area (Å²) in [5, 5.41) is 16.2. The number of rotatable bonds is 6. The van der Waals surface area contributed by atoms with Crippen LogP contribution in [0.5, 0.6) is 0 Å². The first-order valence-electron chi connectivity index (χ1n) is 5.25. The maximum atomic E-state index is 11.4. The summed E-state index contributed by atoms with van der Waals surface area (Å²) in [6.45, 7) is 5.25. The first-order valence-corrected chi connectivity index (χ1v) is 5.25. The van der Waals surface area contributed by atoms with Gasteiger partial charge in [0.05, 0.1) is 6.42 Å². The first-order chi connectivity index (χ1) is 7.73. The summed E-state index contributed by atoms with van der Waals surface area (Å²) < 4.78 is 0. The molecule has 7 heteroatoms. The van der Waals surface area contributed by atoms with Crippen LogP contribution in [0, 0.1) is 0 Å². The summed E-state index contributed by atoms with van der Waals surface area (Å²) in [6.07, 6.45) is -0.161. The molecule has 17 heavy (non-hydrogen) atoms. The van der Waals surface area contributed by atoms with Gasteiger partial charge in [0.15, 0.2) is 0 Å². The lowest BCUT2D eigenvalue weighted by Crippen LogP contribution is -2.50. The molecule has 0 saturated carbocycles. The fourth-order valence-corrected chi connectivity index (χ4v) is 1.19. The molecule has 0 heterocycles. The highest BCUT2D eigenvalue weighted by Gasteiger charge is 2.23. The lowest BCUT2D eigenvalue weighted by Gasteiger charge is -2.24. The summed E-state index contributed by atoms with van der Waals surface area (Å²) in [5.74, 6) is -1.15. The minimum absolute atomic E-state index is 0.161. The monoisotopic (exact) mass is 245 g/mol. The van der Waals surface area contributed by atoms with Gasteiger partial charge in [0.25, 0.3) is 0 Å². The number of aliphatic carboxylic acids is 1. The molecule has 0 aromatic heterocycles. The summed E-state index contributed by atoms with van der Waals surface area (Å²) in [6, 6.07) is -0.457. The largest absolute Gasteiger partial charge is 0.481 e. The average molecular weight is 245 g/mol. The van der Waals surface area contributed by atoms with Gasteiger partial charge in [-0.3, -0.25) is 9.59 Å². The summed E-state index contributed by atoms with van der Waals surface area (Å²) >= 11 is 0. The summed E-state index contributed by atoms with van der Waals surface area (Å²) in [5.41, 5.74) is -0.816. The molecule has 0 saturated heterocycles. The molecular formula is C10H19N3O4. The molecule has 0 aliphatic heterocycles. The van der Waals surface area contributed by atoms with E-state index in [9.17, 15) is 14.4 Å². The van der Waals surface area contributed by atoms with E-state index >= 15 is 0 Å². The van der Waals surface area contributed by atoms with Crippen LogP contribution in [-0.2, 0) is 9.59 Å². The lowest BCUT2D eigenvalue weighted by atomic mass is 10.0. The molecule has 0 unspecified atom stereocenters. The molecule has 0 rings (SSSR count). The fourth-order valence-electron chi connectivity index (χ4n) is 1.19. The number of amides is 3. The normalized spacial score (nSPS) is 10.5. The minimum atomic E-state index is -0.978. The number of urea groups is 1. The smallest absolute Gasteiger partial charge is 0.315 e. The van der Waals surface area contributed by atoms with E-state index in [0.29, 0.717) is 6.54 Å². The standard InChI is InChI=1S/C10H19N3O4/c1-7(14)11-4-5-12-9(17)13-10(2,3)6-8(15)16/h4-6H2,1-3H3,(H,11,14)(H,15,16)(H2,12,13,17). The van der Waals surface area contributed by atoms with Gasteiger partial charge >= 0.3 is 12.0 Å². The maximum Gasteiger partial charge on any atom is 0.315 e. The number of carboxylic acid groups (broad SMARTS) is 1. The van der Waals surface area contributed by atoms with E-state index in [-0.39, 0.29) is 18.9 Å². The van der Waals surface area contributed by atoms with Crippen LogP contribution in [0.2, 0.25) is 0 Å². The van der Waals surface area contributed by atoms with E-state index in [1.54, 1.807) is 13.8 Å². The molecule has 0 aliphatic rings. The van der Waals surface area contributed by atoms with Crippen molar-refractivity contribution < 1.29 is 19.5 Å². The number of hydrogen-bond donors (Lipinski definition) is 4. The second-order valence-electron chi connectivity index (χ2n) is 4.32. The van der Waals surface area contributed by atoms with Crippen LogP contribution in [0.4, 0.5) is 4.79 Å². The van der Waals surface area contributed by atoms with E-state index in [4.69, 9.17) is 5.11 Å². The first kappa shape index (κ1) is 15.2. The van der Waals surface area contributed by atoms with Crippen molar-refractivity contribution in [3.05, 3.63) is 0 Å². The van der Waals surface area contributed by atoms with Gasteiger partial charge in [0.2, 0.25) is 5.91 Å². The fraction of sp³-hybridized carbons (Fsp3) is 0.700. The lowest BCUT2D eigenvalue weighted by molar-refractivity contribution is -0.138.